The highest BCUT2D eigenvalue weighted by atomic mass is 79.9. The van der Waals surface area contributed by atoms with Gasteiger partial charge in [0, 0.05) is 6.04 Å². The van der Waals surface area contributed by atoms with E-state index < -0.39 is 0 Å². The highest BCUT2D eigenvalue weighted by Crippen LogP contribution is 2.24. The molecule has 104 valence electrons. The molecule has 1 amide bonds. The molecule has 0 spiro atoms. The number of hydrogen-bond donors (Lipinski definition) is 2. The Hall–Kier alpha value is -0.940. The number of carbonyl (C=O) groups excluding carboxylic acids is 1. The van der Waals surface area contributed by atoms with Gasteiger partial charge in [0.2, 0.25) is 5.91 Å². The fourth-order valence-electron chi connectivity index (χ4n) is 2.60. The zero-order valence-electron chi connectivity index (χ0n) is 10.7. The molecular weight excluding hydrogens is 311 g/mol. The van der Waals surface area contributed by atoms with E-state index in [0.29, 0.717) is 16.9 Å². The van der Waals surface area contributed by atoms with Gasteiger partial charge in [0.1, 0.15) is 5.82 Å². The molecule has 2 atom stereocenters. The average Bonchev–Trinajstić information content (AvgIpc) is 2.81. The summed E-state index contributed by atoms with van der Waals surface area (Å²) in [6, 6.07) is 4.84. The van der Waals surface area contributed by atoms with Crippen LogP contribution in [0.3, 0.4) is 0 Å². The molecular formula is C14H18BrFN2O. The van der Waals surface area contributed by atoms with Crippen LogP contribution in [0.15, 0.2) is 22.7 Å². The van der Waals surface area contributed by atoms with E-state index in [1.807, 2.05) is 0 Å². The van der Waals surface area contributed by atoms with Crippen molar-refractivity contribution in [2.24, 2.45) is 11.7 Å². The standard InChI is InChI=1S/C14H18BrFN2O/c15-11-6-9(4-5-12(11)16)7-14(19)18-13-3-1-2-10(13)8-17/h4-6,10,13H,1-3,7-8,17H2,(H,18,19). The molecule has 0 heterocycles. The quantitative estimate of drug-likeness (QED) is 0.891. The van der Waals surface area contributed by atoms with Gasteiger partial charge in [-0.25, -0.2) is 4.39 Å². The minimum absolute atomic E-state index is 0.0242. The van der Waals surface area contributed by atoms with Gasteiger partial charge in [0.25, 0.3) is 0 Å². The summed E-state index contributed by atoms with van der Waals surface area (Å²) in [6.45, 7) is 0.618. The molecule has 1 fully saturated rings. The molecule has 1 aromatic carbocycles. The predicted octanol–water partition coefficient (Wildman–Crippen LogP) is 2.37. The van der Waals surface area contributed by atoms with Gasteiger partial charge in [-0.2, -0.15) is 0 Å². The molecule has 3 nitrogen and oxygen atoms in total. The third-order valence-electron chi connectivity index (χ3n) is 3.66. The topological polar surface area (TPSA) is 55.1 Å². The largest absolute Gasteiger partial charge is 0.353 e. The van der Waals surface area contributed by atoms with E-state index in [-0.39, 0.29) is 24.2 Å². The zero-order chi connectivity index (χ0) is 13.8. The second-order valence-corrected chi connectivity index (χ2v) is 5.88. The summed E-state index contributed by atoms with van der Waals surface area (Å²) < 4.78 is 13.5. The van der Waals surface area contributed by atoms with Crippen molar-refractivity contribution < 1.29 is 9.18 Å². The maximum Gasteiger partial charge on any atom is 0.224 e. The van der Waals surface area contributed by atoms with Crippen LogP contribution >= 0.6 is 15.9 Å². The van der Waals surface area contributed by atoms with E-state index in [1.54, 1.807) is 12.1 Å². The van der Waals surface area contributed by atoms with Crippen LogP contribution in [0.4, 0.5) is 4.39 Å². The van der Waals surface area contributed by atoms with Crippen LogP contribution in [0.5, 0.6) is 0 Å². The van der Waals surface area contributed by atoms with Crippen LogP contribution in [-0.2, 0) is 11.2 Å². The summed E-state index contributed by atoms with van der Waals surface area (Å²) in [6.07, 6.45) is 3.48. The summed E-state index contributed by atoms with van der Waals surface area (Å²) in [5.41, 5.74) is 6.49. The summed E-state index contributed by atoms with van der Waals surface area (Å²) >= 11 is 3.12. The molecule has 0 bridgehead atoms. The van der Waals surface area contributed by atoms with E-state index in [1.165, 1.54) is 6.07 Å². The molecule has 0 aromatic heterocycles. The molecule has 2 unspecified atom stereocenters. The molecule has 0 aliphatic heterocycles. The Bertz CT molecular complexity index is 467. The minimum atomic E-state index is -0.317. The van der Waals surface area contributed by atoms with Crippen LogP contribution in [0, 0.1) is 11.7 Å². The van der Waals surface area contributed by atoms with Crippen molar-refractivity contribution in [2.75, 3.05) is 6.54 Å². The first kappa shape index (κ1) is 14.5. The lowest BCUT2D eigenvalue weighted by Gasteiger charge is -2.19. The zero-order valence-corrected chi connectivity index (χ0v) is 12.2. The maximum atomic E-state index is 13.1. The van der Waals surface area contributed by atoms with Gasteiger partial charge in [0.05, 0.1) is 10.9 Å². The van der Waals surface area contributed by atoms with Gasteiger partial charge < -0.3 is 11.1 Å². The van der Waals surface area contributed by atoms with Crippen molar-refractivity contribution in [2.45, 2.75) is 31.7 Å². The molecule has 1 aromatic rings. The number of rotatable bonds is 4. The Morgan fingerprint density at radius 3 is 2.95 bits per heavy atom. The summed E-state index contributed by atoms with van der Waals surface area (Å²) in [4.78, 5) is 12.0. The Morgan fingerprint density at radius 1 is 1.47 bits per heavy atom. The van der Waals surface area contributed by atoms with Gasteiger partial charge in [-0.1, -0.05) is 12.5 Å². The lowest BCUT2D eigenvalue weighted by molar-refractivity contribution is -0.121. The second kappa shape index (κ2) is 6.48. The Kier molecular flexibility index (Phi) is 4.93. The molecule has 1 saturated carbocycles. The number of nitrogens with two attached hydrogens (primary N) is 1. The molecule has 5 heteroatoms. The first-order chi connectivity index (χ1) is 9.10. The molecule has 3 N–H and O–H groups in total. The van der Waals surface area contributed by atoms with E-state index in [4.69, 9.17) is 5.73 Å². The molecule has 1 aliphatic carbocycles. The van der Waals surface area contributed by atoms with Gasteiger partial charge in [-0.05, 0) is 58.9 Å². The monoisotopic (exact) mass is 328 g/mol. The molecule has 1 aliphatic rings. The first-order valence-corrected chi connectivity index (χ1v) is 7.33. The Labute approximate surface area is 120 Å². The minimum Gasteiger partial charge on any atom is -0.353 e. The Morgan fingerprint density at radius 2 is 2.26 bits per heavy atom. The van der Waals surface area contributed by atoms with Crippen molar-refractivity contribution in [3.05, 3.63) is 34.1 Å². The normalized spacial score (nSPS) is 22.5. The Balaban J connectivity index is 1.92. The number of benzene rings is 1. The van der Waals surface area contributed by atoms with Crippen molar-refractivity contribution in [3.8, 4) is 0 Å². The van der Waals surface area contributed by atoms with Crippen LogP contribution in [0.25, 0.3) is 0 Å². The maximum absolute atomic E-state index is 13.1. The van der Waals surface area contributed by atoms with E-state index in [2.05, 4.69) is 21.2 Å². The van der Waals surface area contributed by atoms with Crippen LogP contribution in [-0.4, -0.2) is 18.5 Å². The van der Waals surface area contributed by atoms with Gasteiger partial charge in [0.15, 0.2) is 0 Å². The van der Waals surface area contributed by atoms with E-state index in [9.17, 15) is 9.18 Å². The van der Waals surface area contributed by atoms with Gasteiger partial charge in [-0.15, -0.1) is 0 Å². The highest BCUT2D eigenvalue weighted by molar-refractivity contribution is 9.10. The summed E-state index contributed by atoms with van der Waals surface area (Å²) in [7, 11) is 0. The lowest BCUT2D eigenvalue weighted by Crippen LogP contribution is -2.40. The SMILES string of the molecule is NCC1CCCC1NC(=O)Cc1ccc(F)c(Br)c1. The second-order valence-electron chi connectivity index (χ2n) is 5.03. The molecule has 0 radical (unpaired) electrons. The van der Waals surface area contributed by atoms with Crippen LogP contribution in [0.2, 0.25) is 0 Å². The number of carbonyl (C=O) groups is 1. The number of hydrogen-bond acceptors (Lipinski definition) is 2. The van der Waals surface area contributed by atoms with Crippen molar-refractivity contribution in [3.63, 3.8) is 0 Å². The number of halogens is 2. The third kappa shape index (κ3) is 3.76. The number of nitrogens with one attached hydrogen (secondary N) is 1. The smallest absolute Gasteiger partial charge is 0.224 e. The average molecular weight is 329 g/mol. The lowest BCUT2D eigenvalue weighted by atomic mass is 10.0. The van der Waals surface area contributed by atoms with Crippen molar-refractivity contribution in [1.29, 1.82) is 0 Å². The first-order valence-electron chi connectivity index (χ1n) is 6.53. The molecule has 2 rings (SSSR count). The van der Waals surface area contributed by atoms with E-state index in [0.717, 1.165) is 24.8 Å². The van der Waals surface area contributed by atoms with E-state index >= 15 is 0 Å². The van der Waals surface area contributed by atoms with Gasteiger partial charge >= 0.3 is 0 Å². The fraction of sp³-hybridized carbons (Fsp3) is 0.500. The van der Waals surface area contributed by atoms with Crippen molar-refractivity contribution in [1.82, 2.24) is 5.32 Å². The predicted molar refractivity (Wildman–Crippen MR) is 76.1 cm³/mol. The van der Waals surface area contributed by atoms with Crippen LogP contribution < -0.4 is 11.1 Å². The third-order valence-corrected chi connectivity index (χ3v) is 4.26. The van der Waals surface area contributed by atoms with Gasteiger partial charge in [-0.3, -0.25) is 4.79 Å². The summed E-state index contributed by atoms with van der Waals surface area (Å²) in [5, 5.41) is 3.03. The van der Waals surface area contributed by atoms with Crippen molar-refractivity contribution >= 4 is 21.8 Å². The molecule has 0 saturated heterocycles. The fourth-order valence-corrected chi connectivity index (χ4v) is 3.03. The number of amides is 1. The molecule has 19 heavy (non-hydrogen) atoms. The highest BCUT2D eigenvalue weighted by Gasteiger charge is 2.27. The van der Waals surface area contributed by atoms with Crippen LogP contribution in [0.1, 0.15) is 24.8 Å². The summed E-state index contributed by atoms with van der Waals surface area (Å²) in [5.74, 6) is 0.0518.